The molecular formula is C56H66O7Si. The SMILES string of the molecule is CO[C@@]12C[C@H](O[Si](c3ccccc3)(c3ccccc3)C(C)(C)C)C[C@@H](O1)C(C)(C)C(O)/C=C(\C)C[C@@H](C/C=C/OC(c1ccccc1)(c1ccccc1)c1ccccc1)OC(=O)C2C. The highest BCUT2D eigenvalue weighted by molar-refractivity contribution is 6.99. The van der Waals surface area contributed by atoms with E-state index in [1.54, 1.807) is 13.4 Å². The van der Waals surface area contributed by atoms with E-state index < -0.39 is 61.4 Å². The van der Waals surface area contributed by atoms with Gasteiger partial charge in [0.15, 0.2) is 11.4 Å². The summed E-state index contributed by atoms with van der Waals surface area (Å²) in [4.78, 5) is 14.6. The molecule has 1 N–H and O–H groups in total. The Morgan fingerprint density at radius 3 is 1.69 bits per heavy atom. The molecule has 7 rings (SSSR count). The molecule has 0 saturated carbocycles. The van der Waals surface area contributed by atoms with Gasteiger partial charge >= 0.3 is 5.97 Å². The Hall–Kier alpha value is -5.09. The monoisotopic (exact) mass is 878 g/mol. The Bertz CT molecular complexity index is 2190. The zero-order chi connectivity index (χ0) is 45.6. The molecule has 1 saturated heterocycles. The maximum Gasteiger partial charge on any atom is 0.314 e. The molecule has 2 aliphatic rings. The third kappa shape index (κ3) is 9.35. The molecule has 336 valence electrons. The predicted molar refractivity (Wildman–Crippen MR) is 258 cm³/mol. The lowest BCUT2D eigenvalue weighted by atomic mass is 9.74. The predicted octanol–water partition coefficient (Wildman–Crippen LogP) is 10.7. The van der Waals surface area contributed by atoms with Crippen molar-refractivity contribution >= 4 is 24.7 Å². The van der Waals surface area contributed by atoms with Crippen LogP contribution in [0.15, 0.2) is 176 Å². The molecule has 2 bridgehead atoms. The number of aliphatic hydroxyl groups is 1. The lowest BCUT2D eigenvalue weighted by Crippen LogP contribution is -2.69. The number of cyclic esters (lactones) is 1. The smallest absolute Gasteiger partial charge is 0.314 e. The molecule has 7 nitrogen and oxygen atoms in total. The van der Waals surface area contributed by atoms with Gasteiger partial charge in [0.05, 0.1) is 24.6 Å². The van der Waals surface area contributed by atoms with E-state index in [9.17, 15) is 9.90 Å². The Morgan fingerprint density at radius 1 is 0.766 bits per heavy atom. The Kier molecular flexibility index (Phi) is 14.3. The molecule has 5 aromatic rings. The Morgan fingerprint density at radius 2 is 1.23 bits per heavy atom. The fourth-order valence-corrected chi connectivity index (χ4v) is 14.5. The number of rotatable bonds is 12. The van der Waals surface area contributed by atoms with Crippen LogP contribution in [0.5, 0.6) is 0 Å². The summed E-state index contributed by atoms with van der Waals surface area (Å²) < 4.78 is 34.6. The average Bonchev–Trinajstić information content (AvgIpc) is 3.31. The molecule has 2 unspecified atom stereocenters. The molecule has 0 radical (unpaired) electrons. The van der Waals surface area contributed by atoms with E-state index in [-0.39, 0.29) is 5.04 Å². The van der Waals surface area contributed by atoms with Crippen LogP contribution in [-0.2, 0) is 33.8 Å². The van der Waals surface area contributed by atoms with Gasteiger partial charge in [-0.1, -0.05) is 198 Å². The molecular weight excluding hydrogens is 813 g/mol. The first kappa shape index (κ1) is 46.9. The number of ether oxygens (including phenoxy) is 4. The number of esters is 1. The van der Waals surface area contributed by atoms with Crippen LogP contribution in [0.1, 0.15) is 90.8 Å². The summed E-state index contributed by atoms with van der Waals surface area (Å²) in [7, 11) is -1.44. The summed E-state index contributed by atoms with van der Waals surface area (Å²) in [6, 6.07) is 51.8. The highest BCUT2D eigenvalue weighted by Gasteiger charge is 2.58. The first-order valence-electron chi connectivity index (χ1n) is 22.7. The third-order valence-corrected chi connectivity index (χ3v) is 18.7. The van der Waals surface area contributed by atoms with Crippen molar-refractivity contribution in [2.24, 2.45) is 11.3 Å². The number of carbonyl (C=O) groups is 1. The topological polar surface area (TPSA) is 83.5 Å². The normalized spacial score (nSPS) is 25.3. The maximum absolute atomic E-state index is 14.6. The van der Waals surface area contributed by atoms with Crippen molar-refractivity contribution in [1.82, 2.24) is 0 Å². The molecule has 5 aromatic carbocycles. The van der Waals surface area contributed by atoms with Crippen molar-refractivity contribution in [2.75, 3.05) is 7.11 Å². The van der Waals surface area contributed by atoms with Crippen LogP contribution in [-0.4, -0.2) is 56.7 Å². The quantitative estimate of drug-likeness (QED) is 0.0439. The van der Waals surface area contributed by atoms with Gasteiger partial charge in [-0.05, 0) is 41.8 Å². The second-order valence-electron chi connectivity index (χ2n) is 19.2. The lowest BCUT2D eigenvalue weighted by molar-refractivity contribution is -0.323. The number of hydrogen-bond donors (Lipinski definition) is 1. The number of benzene rings is 5. The molecule has 2 aliphatic heterocycles. The number of aliphatic hydroxyl groups excluding tert-OH is 1. The third-order valence-electron chi connectivity index (χ3n) is 13.6. The van der Waals surface area contributed by atoms with Crippen molar-refractivity contribution in [3.63, 3.8) is 0 Å². The maximum atomic E-state index is 14.6. The van der Waals surface area contributed by atoms with E-state index in [4.69, 9.17) is 23.4 Å². The molecule has 64 heavy (non-hydrogen) atoms. The van der Waals surface area contributed by atoms with Crippen LogP contribution in [0.4, 0.5) is 0 Å². The zero-order valence-corrected chi connectivity index (χ0v) is 39.8. The number of fused-ring (bicyclic) bond motifs is 2. The molecule has 0 spiro atoms. The Balaban J connectivity index is 1.23. The van der Waals surface area contributed by atoms with Gasteiger partial charge in [0.25, 0.3) is 8.32 Å². The summed E-state index contributed by atoms with van der Waals surface area (Å²) >= 11 is 0. The Labute approximate surface area is 382 Å². The number of carbonyl (C=O) groups excluding carboxylic acids is 1. The lowest BCUT2D eigenvalue weighted by Gasteiger charge is -2.53. The van der Waals surface area contributed by atoms with E-state index in [0.29, 0.717) is 25.7 Å². The van der Waals surface area contributed by atoms with Gasteiger partial charge < -0.3 is 28.5 Å². The van der Waals surface area contributed by atoms with Gasteiger partial charge in [-0.3, -0.25) is 4.79 Å². The minimum atomic E-state index is -3.04. The standard InChI is InChI=1S/C56H66O7Si/c1-41-37-46(31-24-36-60-56(43-25-14-9-15-26-43,44-27-16-10-17-28-44)45-29-18-11-19-30-45)61-52(58)42(2)55(59-8)40-47(39-51(62-55)54(6,7)50(57)38-41)63-64(53(3,4)5,48-32-20-12-21-33-48)49-34-22-13-23-35-49/h9-30,32-36,38,42,46-47,50-51,57H,31,37,39-40H2,1-8H3/b36-24+,41-38+/t42?,46-,47-,50?,51-,55+/m1/s1. The van der Waals surface area contributed by atoms with Gasteiger partial charge in [-0.25, -0.2) is 0 Å². The molecule has 0 aliphatic carbocycles. The molecule has 1 fully saturated rings. The van der Waals surface area contributed by atoms with Gasteiger partial charge in [0, 0.05) is 48.5 Å². The number of hydrogen-bond acceptors (Lipinski definition) is 7. The van der Waals surface area contributed by atoms with Crippen LogP contribution >= 0.6 is 0 Å². The minimum absolute atomic E-state index is 0.285. The molecule has 0 amide bonds. The largest absolute Gasteiger partial charge is 0.481 e. The van der Waals surface area contributed by atoms with E-state index in [2.05, 4.69) is 106 Å². The van der Waals surface area contributed by atoms with Crippen molar-refractivity contribution in [2.45, 2.75) is 115 Å². The van der Waals surface area contributed by atoms with Crippen LogP contribution in [0, 0.1) is 11.3 Å². The van der Waals surface area contributed by atoms with Crippen LogP contribution in [0.25, 0.3) is 0 Å². The minimum Gasteiger partial charge on any atom is -0.481 e. The molecule has 6 atom stereocenters. The summed E-state index contributed by atoms with van der Waals surface area (Å²) in [5.41, 5.74) is 2.10. The summed E-state index contributed by atoms with van der Waals surface area (Å²) in [6.45, 7) is 14.7. The summed E-state index contributed by atoms with van der Waals surface area (Å²) in [5.74, 6) is -2.67. The zero-order valence-electron chi connectivity index (χ0n) is 38.8. The second kappa shape index (κ2) is 19.6. The van der Waals surface area contributed by atoms with Crippen molar-refractivity contribution in [1.29, 1.82) is 0 Å². The molecule has 0 aromatic heterocycles. The van der Waals surface area contributed by atoms with Crippen molar-refractivity contribution < 1.29 is 33.3 Å². The van der Waals surface area contributed by atoms with E-state index in [1.807, 2.05) is 107 Å². The van der Waals surface area contributed by atoms with Crippen molar-refractivity contribution in [3.8, 4) is 0 Å². The van der Waals surface area contributed by atoms with Gasteiger partial charge in [0.1, 0.15) is 12.0 Å². The second-order valence-corrected chi connectivity index (χ2v) is 23.5. The summed E-state index contributed by atoms with van der Waals surface area (Å²) in [6.07, 6.45) is 4.74. The highest BCUT2D eigenvalue weighted by Crippen LogP contribution is 2.48. The number of methoxy groups -OCH3 is 1. The van der Waals surface area contributed by atoms with Gasteiger partial charge in [0.2, 0.25) is 0 Å². The van der Waals surface area contributed by atoms with E-state index in [1.165, 1.54) is 0 Å². The summed E-state index contributed by atoms with van der Waals surface area (Å²) in [5, 5.41) is 14.2. The first-order chi connectivity index (χ1) is 30.7. The van der Waals surface area contributed by atoms with Gasteiger partial charge in [-0.15, -0.1) is 0 Å². The average molecular weight is 879 g/mol. The van der Waals surface area contributed by atoms with Crippen LogP contribution < -0.4 is 10.4 Å². The van der Waals surface area contributed by atoms with E-state index in [0.717, 1.165) is 32.6 Å². The van der Waals surface area contributed by atoms with E-state index >= 15 is 0 Å². The van der Waals surface area contributed by atoms with Crippen molar-refractivity contribution in [3.05, 3.63) is 192 Å². The fraction of sp³-hybridized carbons (Fsp3) is 0.375. The van der Waals surface area contributed by atoms with Crippen LogP contribution in [0.3, 0.4) is 0 Å². The van der Waals surface area contributed by atoms with Gasteiger partial charge in [-0.2, -0.15) is 0 Å². The van der Waals surface area contributed by atoms with Crippen LogP contribution in [0.2, 0.25) is 5.04 Å². The highest BCUT2D eigenvalue weighted by atomic mass is 28.4. The first-order valence-corrected chi connectivity index (χ1v) is 24.6. The molecule has 2 heterocycles. The molecule has 8 heteroatoms. The fourth-order valence-electron chi connectivity index (χ4n) is 9.85.